The van der Waals surface area contributed by atoms with Crippen LogP contribution >= 0.6 is 0 Å². The molecule has 1 aromatic rings. The van der Waals surface area contributed by atoms with Crippen molar-refractivity contribution in [2.24, 2.45) is 5.92 Å². The fourth-order valence-corrected chi connectivity index (χ4v) is 2.18. The second-order valence-electron chi connectivity index (χ2n) is 6.17. The quantitative estimate of drug-likeness (QED) is 0.759. The Morgan fingerprint density at radius 3 is 2.90 bits per heavy atom. The molecular weight excluding hydrogens is 269 g/mol. The SMILES string of the molecule is CC(C)CNCc1ccnc(OCCN(C)C2CC2)c1F. The van der Waals surface area contributed by atoms with E-state index in [4.69, 9.17) is 4.74 Å². The van der Waals surface area contributed by atoms with Crippen molar-refractivity contribution in [3.05, 3.63) is 23.6 Å². The van der Waals surface area contributed by atoms with E-state index in [1.807, 2.05) is 0 Å². The molecule has 21 heavy (non-hydrogen) atoms. The number of rotatable bonds is 9. The Morgan fingerprint density at radius 2 is 2.24 bits per heavy atom. The van der Waals surface area contributed by atoms with E-state index in [1.165, 1.54) is 12.8 Å². The van der Waals surface area contributed by atoms with Gasteiger partial charge >= 0.3 is 0 Å². The number of halogens is 1. The molecule has 4 nitrogen and oxygen atoms in total. The third-order valence-electron chi connectivity index (χ3n) is 3.66. The van der Waals surface area contributed by atoms with Gasteiger partial charge in [-0.3, -0.25) is 0 Å². The molecule has 0 radical (unpaired) electrons. The van der Waals surface area contributed by atoms with Gasteiger partial charge in [0.25, 0.3) is 5.88 Å². The summed E-state index contributed by atoms with van der Waals surface area (Å²) in [6.07, 6.45) is 4.13. The summed E-state index contributed by atoms with van der Waals surface area (Å²) in [6.45, 7) is 6.90. The van der Waals surface area contributed by atoms with Crippen LogP contribution in [0.2, 0.25) is 0 Å². The van der Waals surface area contributed by atoms with Gasteiger partial charge in [0, 0.05) is 30.9 Å². The topological polar surface area (TPSA) is 37.4 Å². The van der Waals surface area contributed by atoms with Crippen LogP contribution in [0.25, 0.3) is 0 Å². The van der Waals surface area contributed by atoms with E-state index >= 15 is 0 Å². The minimum absolute atomic E-state index is 0.114. The fraction of sp³-hybridized carbons (Fsp3) is 0.688. The van der Waals surface area contributed by atoms with Gasteiger partial charge in [0.1, 0.15) is 6.61 Å². The first-order valence-electron chi connectivity index (χ1n) is 7.75. The van der Waals surface area contributed by atoms with Gasteiger partial charge in [-0.05, 0) is 38.4 Å². The number of aromatic nitrogens is 1. The van der Waals surface area contributed by atoms with Crippen LogP contribution in [-0.4, -0.2) is 42.7 Å². The smallest absolute Gasteiger partial charge is 0.250 e. The summed E-state index contributed by atoms with van der Waals surface area (Å²) in [7, 11) is 2.08. The molecule has 0 unspecified atom stereocenters. The first-order valence-corrected chi connectivity index (χ1v) is 7.75. The lowest BCUT2D eigenvalue weighted by atomic mass is 10.2. The van der Waals surface area contributed by atoms with Gasteiger partial charge in [-0.1, -0.05) is 13.8 Å². The van der Waals surface area contributed by atoms with Crippen molar-refractivity contribution >= 4 is 0 Å². The van der Waals surface area contributed by atoms with Crippen LogP contribution in [-0.2, 0) is 6.54 Å². The van der Waals surface area contributed by atoms with E-state index in [9.17, 15) is 4.39 Å². The molecule has 0 saturated heterocycles. The van der Waals surface area contributed by atoms with E-state index in [2.05, 4.69) is 36.1 Å². The van der Waals surface area contributed by atoms with E-state index in [-0.39, 0.29) is 11.7 Å². The van der Waals surface area contributed by atoms with Crippen LogP contribution in [0.1, 0.15) is 32.3 Å². The summed E-state index contributed by atoms with van der Waals surface area (Å²) < 4.78 is 19.7. The predicted octanol–water partition coefficient (Wildman–Crippen LogP) is 2.44. The maximum atomic E-state index is 14.3. The summed E-state index contributed by atoms with van der Waals surface area (Å²) in [6, 6.07) is 2.39. The van der Waals surface area contributed by atoms with Crippen molar-refractivity contribution in [3.63, 3.8) is 0 Å². The minimum atomic E-state index is -0.345. The second-order valence-corrected chi connectivity index (χ2v) is 6.17. The molecule has 0 spiro atoms. The van der Waals surface area contributed by atoms with Gasteiger partial charge in [-0.15, -0.1) is 0 Å². The molecule has 1 aliphatic carbocycles. The Bertz CT molecular complexity index is 449. The van der Waals surface area contributed by atoms with Crippen molar-refractivity contribution in [1.82, 2.24) is 15.2 Å². The standard InChI is InChI=1S/C16H26FN3O/c1-12(2)10-18-11-13-6-7-19-16(15(13)17)21-9-8-20(3)14-4-5-14/h6-7,12,14,18H,4-5,8-11H2,1-3H3. The van der Waals surface area contributed by atoms with Crippen molar-refractivity contribution in [3.8, 4) is 5.88 Å². The number of pyridine rings is 1. The predicted molar refractivity (Wildman–Crippen MR) is 81.9 cm³/mol. The number of likely N-dealkylation sites (N-methyl/N-ethyl adjacent to an activating group) is 1. The lowest BCUT2D eigenvalue weighted by Gasteiger charge is -2.16. The van der Waals surface area contributed by atoms with E-state index in [0.29, 0.717) is 30.7 Å². The number of ether oxygens (including phenoxy) is 1. The lowest BCUT2D eigenvalue weighted by Crippen LogP contribution is -2.26. The molecule has 0 amide bonds. The van der Waals surface area contributed by atoms with Crippen molar-refractivity contribution in [2.45, 2.75) is 39.3 Å². The number of nitrogens with zero attached hydrogens (tertiary/aromatic N) is 2. The van der Waals surface area contributed by atoms with Crippen molar-refractivity contribution in [1.29, 1.82) is 0 Å². The zero-order valence-electron chi connectivity index (χ0n) is 13.2. The highest BCUT2D eigenvalue weighted by atomic mass is 19.1. The highest BCUT2D eigenvalue weighted by molar-refractivity contribution is 5.23. The Morgan fingerprint density at radius 1 is 1.48 bits per heavy atom. The molecule has 1 N–H and O–H groups in total. The summed E-state index contributed by atoms with van der Waals surface area (Å²) in [4.78, 5) is 6.25. The minimum Gasteiger partial charge on any atom is -0.474 e. The summed E-state index contributed by atoms with van der Waals surface area (Å²) in [5.41, 5.74) is 0.608. The van der Waals surface area contributed by atoms with Gasteiger partial charge in [-0.2, -0.15) is 0 Å². The molecule has 1 aliphatic rings. The molecule has 1 saturated carbocycles. The Balaban J connectivity index is 1.81. The monoisotopic (exact) mass is 295 g/mol. The van der Waals surface area contributed by atoms with Gasteiger partial charge in [0.15, 0.2) is 5.82 Å². The lowest BCUT2D eigenvalue weighted by molar-refractivity contribution is 0.219. The molecule has 0 aromatic carbocycles. The molecular formula is C16H26FN3O. The third kappa shape index (κ3) is 5.25. The summed E-state index contributed by atoms with van der Waals surface area (Å²) >= 11 is 0. The van der Waals surface area contributed by atoms with Gasteiger partial charge in [0.2, 0.25) is 0 Å². The molecule has 1 heterocycles. The van der Waals surface area contributed by atoms with Crippen LogP contribution in [0.15, 0.2) is 12.3 Å². The molecule has 2 rings (SSSR count). The summed E-state index contributed by atoms with van der Waals surface area (Å²) in [5.74, 6) is 0.314. The number of hydrogen-bond donors (Lipinski definition) is 1. The Labute approximate surface area is 126 Å². The Hall–Kier alpha value is -1.20. The average Bonchev–Trinajstić information content (AvgIpc) is 3.26. The summed E-state index contributed by atoms with van der Waals surface area (Å²) in [5, 5.41) is 3.24. The maximum Gasteiger partial charge on any atom is 0.250 e. The van der Waals surface area contributed by atoms with Gasteiger partial charge in [0.05, 0.1) is 0 Å². The van der Waals surface area contributed by atoms with Gasteiger partial charge in [-0.25, -0.2) is 9.37 Å². The highest BCUT2D eigenvalue weighted by Gasteiger charge is 2.25. The second kappa shape index (κ2) is 7.71. The third-order valence-corrected chi connectivity index (χ3v) is 3.66. The molecule has 5 heteroatoms. The maximum absolute atomic E-state index is 14.3. The van der Waals surface area contributed by atoms with E-state index in [1.54, 1.807) is 12.3 Å². The molecule has 0 bridgehead atoms. The fourth-order valence-electron chi connectivity index (χ4n) is 2.18. The van der Waals surface area contributed by atoms with Crippen LogP contribution in [0.3, 0.4) is 0 Å². The normalized spacial score (nSPS) is 15.0. The first-order chi connectivity index (χ1) is 10.1. The largest absolute Gasteiger partial charge is 0.474 e. The van der Waals surface area contributed by atoms with Crippen LogP contribution in [0.4, 0.5) is 4.39 Å². The van der Waals surface area contributed by atoms with Crippen LogP contribution in [0.5, 0.6) is 5.88 Å². The molecule has 1 fully saturated rings. The zero-order chi connectivity index (χ0) is 15.2. The van der Waals surface area contributed by atoms with E-state index in [0.717, 1.165) is 13.1 Å². The van der Waals surface area contributed by atoms with Crippen molar-refractivity contribution in [2.75, 3.05) is 26.7 Å². The molecule has 0 atom stereocenters. The van der Waals surface area contributed by atoms with Crippen LogP contribution in [0, 0.1) is 11.7 Å². The van der Waals surface area contributed by atoms with Gasteiger partial charge < -0.3 is 15.0 Å². The molecule has 0 aliphatic heterocycles. The Kier molecular flexibility index (Phi) is 5.94. The molecule has 118 valence electrons. The average molecular weight is 295 g/mol. The first kappa shape index (κ1) is 16.2. The number of hydrogen-bond acceptors (Lipinski definition) is 4. The zero-order valence-corrected chi connectivity index (χ0v) is 13.2. The van der Waals surface area contributed by atoms with Crippen molar-refractivity contribution < 1.29 is 9.13 Å². The van der Waals surface area contributed by atoms with E-state index < -0.39 is 0 Å². The highest BCUT2D eigenvalue weighted by Crippen LogP contribution is 2.25. The van der Waals surface area contributed by atoms with Crippen LogP contribution < -0.4 is 10.1 Å². The molecule has 1 aromatic heterocycles. The number of nitrogens with one attached hydrogen (secondary N) is 1.